The number of hydrogen-bond donors (Lipinski definition) is 0. The number of allylic oxidation sites excluding steroid dienone is 10. The molecular weight excluding hydrogens is 853 g/mol. The summed E-state index contributed by atoms with van der Waals surface area (Å²) in [5, 5.41) is 0. The minimum absolute atomic E-state index is 0.0731. The fraction of sp³-hybridized carbons (Fsp3) is 0.794. The van der Waals surface area contributed by atoms with Crippen molar-refractivity contribution in [2.75, 3.05) is 13.2 Å². The van der Waals surface area contributed by atoms with Crippen molar-refractivity contribution in [3.05, 3.63) is 60.8 Å². The van der Waals surface area contributed by atoms with Crippen LogP contribution < -0.4 is 0 Å². The maximum absolute atomic E-state index is 12.9. The number of carbonyl (C=O) groups excluding carboxylic acids is 3. The lowest BCUT2D eigenvalue weighted by molar-refractivity contribution is -0.167. The molecule has 0 aromatic heterocycles. The van der Waals surface area contributed by atoms with E-state index in [1.807, 2.05) is 0 Å². The fourth-order valence-electron chi connectivity index (χ4n) is 8.59. The van der Waals surface area contributed by atoms with Gasteiger partial charge in [0, 0.05) is 19.3 Å². The summed E-state index contributed by atoms with van der Waals surface area (Å²) in [4.78, 5) is 38.2. The van der Waals surface area contributed by atoms with Crippen molar-refractivity contribution in [1.82, 2.24) is 0 Å². The lowest BCUT2D eigenvalue weighted by Gasteiger charge is -2.18. The van der Waals surface area contributed by atoms with E-state index >= 15 is 0 Å². The Kier molecular flexibility index (Phi) is 55.3. The quantitative estimate of drug-likeness (QED) is 0.0262. The molecule has 0 aliphatic carbocycles. The van der Waals surface area contributed by atoms with Gasteiger partial charge in [0.05, 0.1) is 0 Å². The van der Waals surface area contributed by atoms with Gasteiger partial charge >= 0.3 is 17.9 Å². The second-order valence-electron chi connectivity index (χ2n) is 19.9. The van der Waals surface area contributed by atoms with Crippen LogP contribution in [0.5, 0.6) is 0 Å². The van der Waals surface area contributed by atoms with Crippen molar-refractivity contribution >= 4 is 17.9 Å². The molecule has 0 aliphatic rings. The first-order chi connectivity index (χ1) is 34.0. The van der Waals surface area contributed by atoms with E-state index in [-0.39, 0.29) is 31.1 Å². The highest BCUT2D eigenvalue weighted by Crippen LogP contribution is 2.17. The standard InChI is InChI=1S/C63H112O6/c1-4-7-10-13-16-19-22-25-28-29-30-31-32-33-34-35-36-39-41-44-47-50-53-56-62(65)68-59-60(69-63(66)57-54-51-48-45-42-38-27-24-21-18-15-12-9-6-3)58-67-61(64)55-52-49-46-43-40-37-26-23-20-17-14-11-8-5-2/h7,10,16,19,25,28,30-31,33-34,60H,4-6,8-9,11-15,17-18,20-24,26-27,29,32,35-59H2,1-3H3/b10-7-,19-16-,28-25-,31-30-,34-33-. The van der Waals surface area contributed by atoms with Gasteiger partial charge in [-0.15, -0.1) is 0 Å². The summed E-state index contributed by atoms with van der Waals surface area (Å²) in [6.45, 7) is 6.55. The van der Waals surface area contributed by atoms with Gasteiger partial charge in [0.15, 0.2) is 6.10 Å². The Labute approximate surface area is 428 Å². The van der Waals surface area contributed by atoms with E-state index in [9.17, 15) is 14.4 Å². The second kappa shape index (κ2) is 57.7. The predicted molar refractivity (Wildman–Crippen MR) is 298 cm³/mol. The van der Waals surface area contributed by atoms with E-state index in [2.05, 4.69) is 81.5 Å². The van der Waals surface area contributed by atoms with Gasteiger partial charge in [-0.3, -0.25) is 14.4 Å². The SMILES string of the molecule is CC/C=C\C/C=C\C/C=C\C/C=C\C/C=C\CCCCCCCCCC(=O)OCC(COC(=O)CCCCCCCCCCCCCCCC)OC(=O)CCCCCCCCCCCCCCCC. The maximum Gasteiger partial charge on any atom is 0.306 e. The highest BCUT2D eigenvalue weighted by molar-refractivity contribution is 5.71. The summed E-state index contributed by atoms with van der Waals surface area (Å²) in [5.41, 5.74) is 0. The molecule has 0 aromatic carbocycles. The Morgan fingerprint density at radius 1 is 0.304 bits per heavy atom. The molecule has 0 heterocycles. The number of hydrogen-bond acceptors (Lipinski definition) is 6. The van der Waals surface area contributed by atoms with E-state index in [1.165, 1.54) is 167 Å². The molecule has 6 heteroatoms. The van der Waals surface area contributed by atoms with E-state index < -0.39 is 6.10 Å². The minimum atomic E-state index is -0.775. The number of carbonyl (C=O) groups is 3. The molecule has 0 saturated carbocycles. The van der Waals surface area contributed by atoms with Crippen LogP contribution in [0.15, 0.2) is 60.8 Å². The first-order valence-electron chi connectivity index (χ1n) is 29.8. The van der Waals surface area contributed by atoms with Crippen LogP contribution in [0.2, 0.25) is 0 Å². The molecule has 1 unspecified atom stereocenters. The highest BCUT2D eigenvalue weighted by atomic mass is 16.6. The lowest BCUT2D eigenvalue weighted by atomic mass is 10.0. The number of unbranched alkanes of at least 4 members (excludes halogenated alkanes) is 33. The molecular formula is C63H112O6. The largest absolute Gasteiger partial charge is 0.462 e. The van der Waals surface area contributed by atoms with Gasteiger partial charge in [-0.2, -0.15) is 0 Å². The Balaban J connectivity index is 4.33. The van der Waals surface area contributed by atoms with E-state index in [0.29, 0.717) is 19.3 Å². The number of esters is 3. The average molecular weight is 966 g/mol. The third kappa shape index (κ3) is 55.9. The summed E-state index contributed by atoms with van der Waals surface area (Å²) >= 11 is 0. The van der Waals surface area contributed by atoms with Gasteiger partial charge < -0.3 is 14.2 Å². The Morgan fingerprint density at radius 2 is 0.565 bits per heavy atom. The minimum Gasteiger partial charge on any atom is -0.462 e. The zero-order valence-electron chi connectivity index (χ0n) is 45.8. The average Bonchev–Trinajstić information content (AvgIpc) is 3.35. The summed E-state index contributed by atoms with van der Waals surface area (Å²) in [6.07, 6.45) is 72.1. The molecule has 0 bridgehead atoms. The van der Waals surface area contributed by atoms with Gasteiger partial charge in [0.25, 0.3) is 0 Å². The normalized spacial score (nSPS) is 12.4. The van der Waals surface area contributed by atoms with Crippen LogP contribution in [-0.2, 0) is 28.6 Å². The van der Waals surface area contributed by atoms with E-state index in [1.54, 1.807) is 0 Å². The van der Waals surface area contributed by atoms with Gasteiger partial charge in [0.1, 0.15) is 13.2 Å². The summed E-state index contributed by atoms with van der Waals surface area (Å²) in [5.74, 6) is -0.868. The number of ether oxygens (including phenoxy) is 3. The summed E-state index contributed by atoms with van der Waals surface area (Å²) in [7, 11) is 0. The Bertz CT molecular complexity index is 1250. The monoisotopic (exact) mass is 965 g/mol. The molecule has 0 rings (SSSR count). The lowest BCUT2D eigenvalue weighted by Crippen LogP contribution is -2.30. The third-order valence-corrected chi connectivity index (χ3v) is 13.0. The van der Waals surface area contributed by atoms with Crippen molar-refractivity contribution in [3.63, 3.8) is 0 Å². The van der Waals surface area contributed by atoms with Crippen molar-refractivity contribution < 1.29 is 28.6 Å². The summed E-state index contributed by atoms with van der Waals surface area (Å²) in [6, 6.07) is 0. The topological polar surface area (TPSA) is 78.9 Å². The van der Waals surface area contributed by atoms with Crippen LogP contribution in [0.25, 0.3) is 0 Å². The first kappa shape index (κ1) is 66.1. The van der Waals surface area contributed by atoms with Crippen molar-refractivity contribution in [3.8, 4) is 0 Å². The van der Waals surface area contributed by atoms with Crippen molar-refractivity contribution in [2.45, 2.75) is 309 Å². The molecule has 0 N–H and O–H groups in total. The molecule has 0 fully saturated rings. The molecule has 0 aromatic rings. The maximum atomic E-state index is 12.9. The molecule has 0 amide bonds. The van der Waals surface area contributed by atoms with Crippen LogP contribution in [-0.4, -0.2) is 37.2 Å². The van der Waals surface area contributed by atoms with Crippen LogP contribution in [0, 0.1) is 0 Å². The number of rotatable bonds is 54. The van der Waals surface area contributed by atoms with E-state index in [4.69, 9.17) is 14.2 Å². The third-order valence-electron chi connectivity index (χ3n) is 13.0. The predicted octanol–water partition coefficient (Wildman–Crippen LogP) is 20.0. The molecule has 400 valence electrons. The van der Waals surface area contributed by atoms with E-state index in [0.717, 1.165) is 96.3 Å². The first-order valence-corrected chi connectivity index (χ1v) is 29.8. The van der Waals surface area contributed by atoms with Crippen molar-refractivity contribution in [1.29, 1.82) is 0 Å². The molecule has 0 aliphatic heterocycles. The van der Waals surface area contributed by atoms with Crippen LogP contribution in [0.4, 0.5) is 0 Å². The van der Waals surface area contributed by atoms with Gasteiger partial charge in [-0.05, 0) is 64.2 Å². The molecule has 1 atom stereocenters. The molecule has 69 heavy (non-hydrogen) atoms. The van der Waals surface area contributed by atoms with Crippen LogP contribution >= 0.6 is 0 Å². The van der Waals surface area contributed by atoms with Crippen LogP contribution in [0.1, 0.15) is 303 Å². The Morgan fingerprint density at radius 3 is 0.884 bits per heavy atom. The zero-order chi connectivity index (χ0) is 50.0. The zero-order valence-corrected chi connectivity index (χ0v) is 45.8. The van der Waals surface area contributed by atoms with Crippen molar-refractivity contribution in [2.24, 2.45) is 0 Å². The highest BCUT2D eigenvalue weighted by Gasteiger charge is 2.19. The fourth-order valence-corrected chi connectivity index (χ4v) is 8.59. The second-order valence-corrected chi connectivity index (χ2v) is 19.9. The van der Waals surface area contributed by atoms with Gasteiger partial charge in [-0.1, -0.05) is 281 Å². The molecule has 6 nitrogen and oxygen atoms in total. The molecule has 0 radical (unpaired) electrons. The van der Waals surface area contributed by atoms with Gasteiger partial charge in [-0.25, -0.2) is 0 Å². The molecule has 0 saturated heterocycles. The smallest absolute Gasteiger partial charge is 0.306 e. The summed E-state index contributed by atoms with van der Waals surface area (Å²) < 4.78 is 16.9. The van der Waals surface area contributed by atoms with Gasteiger partial charge in [0.2, 0.25) is 0 Å². The molecule has 0 spiro atoms. The van der Waals surface area contributed by atoms with Crippen LogP contribution in [0.3, 0.4) is 0 Å². The Hall–Kier alpha value is -2.89.